The van der Waals surface area contributed by atoms with Gasteiger partial charge in [0.1, 0.15) is 5.82 Å². The van der Waals surface area contributed by atoms with Gasteiger partial charge in [-0.05, 0) is 38.1 Å². The molecule has 0 atom stereocenters. The third-order valence-electron chi connectivity index (χ3n) is 3.84. The molecule has 1 aromatic rings. The molecule has 1 amide bonds. The normalized spacial score (nSPS) is 18.2. The predicted octanol–water partition coefficient (Wildman–Crippen LogP) is 2.07. The summed E-state index contributed by atoms with van der Waals surface area (Å²) in [5.41, 5.74) is 5.09. The molecule has 3 N–H and O–H groups in total. The van der Waals surface area contributed by atoms with Crippen LogP contribution in [0.4, 0.5) is 4.39 Å². The van der Waals surface area contributed by atoms with Gasteiger partial charge in [-0.15, -0.1) is 0 Å². The van der Waals surface area contributed by atoms with Crippen molar-refractivity contribution < 1.29 is 9.18 Å². The third kappa shape index (κ3) is 3.59. The number of likely N-dealkylation sites (tertiary alicyclic amines) is 1. The summed E-state index contributed by atoms with van der Waals surface area (Å²) in [6.07, 6.45) is 1.26. The molecule has 4 nitrogen and oxygen atoms in total. The fourth-order valence-electron chi connectivity index (χ4n) is 2.39. The van der Waals surface area contributed by atoms with E-state index in [0.717, 1.165) is 13.1 Å². The number of carbonyl (C=O) groups excluding carboxylic acids is 1. The summed E-state index contributed by atoms with van der Waals surface area (Å²) in [5, 5.41) is 2.84. The Balaban J connectivity index is 2.21. The number of nitrogens with one attached hydrogen (secondary N) is 1. The van der Waals surface area contributed by atoms with Crippen LogP contribution in [-0.2, 0) is 0 Å². The van der Waals surface area contributed by atoms with E-state index in [0.29, 0.717) is 17.3 Å². The van der Waals surface area contributed by atoms with Gasteiger partial charge in [0.25, 0.3) is 5.91 Å². The molecular weight excluding hydrogens is 357 g/mol. The van der Waals surface area contributed by atoms with Gasteiger partial charge in [0.05, 0.1) is 16.1 Å². The van der Waals surface area contributed by atoms with E-state index in [1.807, 2.05) is 7.05 Å². The van der Waals surface area contributed by atoms with Gasteiger partial charge in [0, 0.05) is 17.6 Å². The number of hydrogen-bond donors (Lipinski definition) is 2. The molecule has 1 fully saturated rings. The highest BCUT2D eigenvalue weighted by molar-refractivity contribution is 9.10. The van der Waals surface area contributed by atoms with Crippen LogP contribution in [0.3, 0.4) is 0 Å². The average Bonchev–Trinajstić information content (AvgIpc) is 2.41. The van der Waals surface area contributed by atoms with Crippen LogP contribution in [0.1, 0.15) is 23.2 Å². The van der Waals surface area contributed by atoms with Crippen molar-refractivity contribution in [3.05, 3.63) is 34.1 Å². The summed E-state index contributed by atoms with van der Waals surface area (Å²) in [5.74, 6) is -1.06. The van der Waals surface area contributed by atoms with Crippen molar-refractivity contribution >= 4 is 39.0 Å². The Morgan fingerprint density at radius 1 is 1.48 bits per heavy atom. The molecule has 1 saturated heterocycles. The van der Waals surface area contributed by atoms with Crippen LogP contribution in [0.15, 0.2) is 22.7 Å². The van der Waals surface area contributed by atoms with E-state index >= 15 is 0 Å². The van der Waals surface area contributed by atoms with Crippen LogP contribution in [0.2, 0.25) is 0 Å². The number of carbonyl (C=O) groups is 1. The molecule has 0 bridgehead atoms. The zero-order chi connectivity index (χ0) is 15.6. The molecule has 0 spiro atoms. The summed E-state index contributed by atoms with van der Waals surface area (Å²) in [7, 11) is 2.00. The zero-order valence-electron chi connectivity index (χ0n) is 11.7. The third-order valence-corrected chi connectivity index (χ3v) is 4.72. The molecule has 21 heavy (non-hydrogen) atoms. The highest BCUT2D eigenvalue weighted by atomic mass is 79.9. The molecule has 7 heteroatoms. The minimum atomic E-state index is -0.738. The fourth-order valence-corrected chi connectivity index (χ4v) is 2.98. The molecule has 1 heterocycles. The standard InChI is InChI=1S/C14H17BrFN3OS/c1-19-6-4-14(5-7-19,13(17)21)18-12(20)10-3-2-9(15)8-11(10)16/h2-3,8H,4-7H2,1H3,(H2,17,21)(H,18,20). The van der Waals surface area contributed by atoms with Gasteiger partial charge in [-0.25, -0.2) is 4.39 Å². The first kappa shape index (κ1) is 16.3. The van der Waals surface area contributed by atoms with Gasteiger partial charge in [0.2, 0.25) is 0 Å². The first-order chi connectivity index (χ1) is 9.84. The van der Waals surface area contributed by atoms with Crippen LogP contribution in [0.5, 0.6) is 0 Å². The summed E-state index contributed by atoms with van der Waals surface area (Å²) < 4.78 is 14.5. The van der Waals surface area contributed by atoms with Crippen LogP contribution in [0, 0.1) is 5.82 Å². The lowest BCUT2D eigenvalue weighted by Gasteiger charge is -2.40. The first-order valence-electron chi connectivity index (χ1n) is 6.60. The lowest BCUT2D eigenvalue weighted by Crippen LogP contribution is -2.61. The maximum atomic E-state index is 13.9. The molecule has 114 valence electrons. The van der Waals surface area contributed by atoms with Gasteiger partial charge in [0.15, 0.2) is 0 Å². The van der Waals surface area contributed by atoms with Gasteiger partial charge in [-0.2, -0.15) is 0 Å². The maximum absolute atomic E-state index is 13.9. The van der Waals surface area contributed by atoms with Gasteiger partial charge in [-0.1, -0.05) is 28.1 Å². The Kier molecular flexibility index (Phi) is 4.95. The molecule has 1 aromatic carbocycles. The van der Waals surface area contributed by atoms with Crippen LogP contribution < -0.4 is 11.1 Å². The smallest absolute Gasteiger partial charge is 0.255 e. The maximum Gasteiger partial charge on any atom is 0.255 e. The van der Waals surface area contributed by atoms with Gasteiger partial charge in [-0.3, -0.25) is 4.79 Å². The quantitative estimate of drug-likeness (QED) is 0.796. The van der Waals surface area contributed by atoms with Crippen molar-refractivity contribution in [3.63, 3.8) is 0 Å². The number of piperidine rings is 1. The molecule has 0 unspecified atom stereocenters. The highest BCUT2D eigenvalue weighted by Crippen LogP contribution is 2.24. The van der Waals surface area contributed by atoms with E-state index in [9.17, 15) is 9.18 Å². The van der Waals surface area contributed by atoms with Crippen molar-refractivity contribution in [3.8, 4) is 0 Å². The number of benzene rings is 1. The SMILES string of the molecule is CN1CCC(NC(=O)c2ccc(Br)cc2F)(C(N)=S)CC1. The Bertz CT molecular complexity index is 573. The van der Waals surface area contributed by atoms with Gasteiger partial charge >= 0.3 is 0 Å². The molecule has 0 radical (unpaired) electrons. The number of hydrogen-bond acceptors (Lipinski definition) is 3. The second kappa shape index (κ2) is 6.37. The molecule has 1 aliphatic heterocycles. The lowest BCUT2D eigenvalue weighted by molar-refractivity contribution is 0.0886. The minimum Gasteiger partial charge on any atom is -0.391 e. The summed E-state index contributed by atoms with van der Waals surface area (Å²) in [6, 6.07) is 4.33. The van der Waals surface area contributed by atoms with Gasteiger partial charge < -0.3 is 16.0 Å². The average molecular weight is 374 g/mol. The number of amides is 1. The number of thiocarbonyl (C=S) groups is 1. The topological polar surface area (TPSA) is 58.4 Å². The van der Waals surface area contributed by atoms with Crippen molar-refractivity contribution in [2.24, 2.45) is 5.73 Å². The molecule has 0 saturated carbocycles. The molecule has 2 rings (SSSR count). The van der Waals surface area contributed by atoms with E-state index in [-0.39, 0.29) is 10.6 Å². The Labute approximate surface area is 137 Å². The molecular formula is C14H17BrFN3OS. The molecule has 0 aromatic heterocycles. The zero-order valence-corrected chi connectivity index (χ0v) is 14.1. The van der Waals surface area contributed by atoms with E-state index in [2.05, 4.69) is 26.1 Å². The number of halogens is 2. The minimum absolute atomic E-state index is 0.00671. The highest BCUT2D eigenvalue weighted by Gasteiger charge is 2.38. The van der Waals surface area contributed by atoms with Crippen molar-refractivity contribution in [2.45, 2.75) is 18.4 Å². The largest absolute Gasteiger partial charge is 0.391 e. The van der Waals surface area contributed by atoms with Crippen molar-refractivity contribution in [2.75, 3.05) is 20.1 Å². The first-order valence-corrected chi connectivity index (χ1v) is 7.80. The lowest BCUT2D eigenvalue weighted by atomic mass is 9.87. The van der Waals surface area contributed by atoms with E-state index in [4.69, 9.17) is 18.0 Å². The van der Waals surface area contributed by atoms with E-state index < -0.39 is 17.3 Å². The number of nitrogens with two attached hydrogens (primary N) is 1. The Hall–Kier alpha value is -1.05. The van der Waals surface area contributed by atoms with Crippen LogP contribution in [-0.4, -0.2) is 41.5 Å². The van der Waals surface area contributed by atoms with Crippen molar-refractivity contribution in [1.29, 1.82) is 0 Å². The number of rotatable bonds is 3. The Morgan fingerprint density at radius 2 is 2.10 bits per heavy atom. The van der Waals surface area contributed by atoms with Crippen LogP contribution >= 0.6 is 28.1 Å². The van der Waals surface area contributed by atoms with E-state index in [1.54, 1.807) is 6.07 Å². The monoisotopic (exact) mass is 373 g/mol. The second-order valence-corrected chi connectivity index (χ2v) is 6.68. The fraction of sp³-hybridized carbons (Fsp3) is 0.429. The van der Waals surface area contributed by atoms with Crippen LogP contribution in [0.25, 0.3) is 0 Å². The summed E-state index contributed by atoms with van der Waals surface area (Å²) >= 11 is 8.30. The summed E-state index contributed by atoms with van der Waals surface area (Å²) in [6.45, 7) is 1.56. The predicted molar refractivity (Wildman–Crippen MR) is 87.8 cm³/mol. The van der Waals surface area contributed by atoms with E-state index in [1.165, 1.54) is 12.1 Å². The molecule has 1 aliphatic rings. The number of nitrogens with zero attached hydrogens (tertiary/aromatic N) is 1. The Morgan fingerprint density at radius 3 is 2.62 bits per heavy atom. The second-order valence-electron chi connectivity index (χ2n) is 5.33. The molecule has 0 aliphatic carbocycles. The van der Waals surface area contributed by atoms with Crippen molar-refractivity contribution in [1.82, 2.24) is 10.2 Å². The summed E-state index contributed by atoms with van der Waals surface area (Å²) in [4.78, 5) is 14.7.